The molecule has 1 saturated heterocycles. The molecule has 1 spiro atoms. The SMILES string of the molecule is CC(C)c1nn(CC(=O)NC2CC3(COC3)C2)c(=O)c2cc3sc(Cl)cc3n12. The Kier molecular flexibility index (Phi) is 4.08. The first-order valence-corrected chi connectivity index (χ1v) is 10.6. The molecule has 28 heavy (non-hydrogen) atoms. The molecule has 0 aromatic carbocycles. The lowest BCUT2D eigenvalue weighted by Crippen LogP contribution is -2.60. The van der Waals surface area contributed by atoms with Crippen LogP contribution in [0.5, 0.6) is 0 Å². The van der Waals surface area contributed by atoms with Crippen LogP contribution in [0, 0.1) is 5.41 Å². The third kappa shape index (κ3) is 2.77. The minimum atomic E-state index is -0.267. The average molecular weight is 421 g/mol. The fraction of sp³-hybridized carbons (Fsp3) is 0.526. The summed E-state index contributed by atoms with van der Waals surface area (Å²) in [5.41, 5.74) is 1.43. The number of carbonyl (C=O) groups excluding carboxylic acids is 1. The summed E-state index contributed by atoms with van der Waals surface area (Å²) in [4.78, 5) is 25.5. The molecule has 1 aliphatic heterocycles. The van der Waals surface area contributed by atoms with Crippen LogP contribution < -0.4 is 10.9 Å². The van der Waals surface area contributed by atoms with Crippen molar-refractivity contribution in [3.8, 4) is 0 Å². The maximum Gasteiger partial charge on any atom is 0.291 e. The summed E-state index contributed by atoms with van der Waals surface area (Å²) in [5.74, 6) is 0.642. The Hall–Kier alpha value is -1.90. The highest BCUT2D eigenvalue weighted by molar-refractivity contribution is 7.22. The third-order valence-electron chi connectivity index (χ3n) is 5.72. The summed E-state index contributed by atoms with van der Waals surface area (Å²) in [5, 5.41) is 7.55. The number of halogens is 1. The van der Waals surface area contributed by atoms with Gasteiger partial charge in [0.1, 0.15) is 17.9 Å². The Morgan fingerprint density at radius 2 is 2.14 bits per heavy atom. The zero-order valence-electron chi connectivity index (χ0n) is 15.7. The van der Waals surface area contributed by atoms with Gasteiger partial charge in [0.25, 0.3) is 5.56 Å². The van der Waals surface area contributed by atoms with Crippen LogP contribution in [0.2, 0.25) is 4.34 Å². The monoisotopic (exact) mass is 420 g/mol. The molecule has 1 aliphatic carbocycles. The number of thiophene rings is 1. The van der Waals surface area contributed by atoms with Crippen LogP contribution in [0.4, 0.5) is 0 Å². The first-order valence-electron chi connectivity index (χ1n) is 9.44. The van der Waals surface area contributed by atoms with Crippen LogP contribution in [0.15, 0.2) is 16.9 Å². The number of nitrogens with one attached hydrogen (secondary N) is 1. The summed E-state index contributed by atoms with van der Waals surface area (Å²) >= 11 is 7.57. The highest BCUT2D eigenvalue weighted by Crippen LogP contribution is 2.46. The Morgan fingerprint density at radius 1 is 1.39 bits per heavy atom. The molecule has 1 amide bonds. The Balaban J connectivity index is 1.45. The summed E-state index contributed by atoms with van der Waals surface area (Å²) in [6.45, 7) is 5.55. The van der Waals surface area contributed by atoms with Crippen LogP contribution in [0.1, 0.15) is 38.4 Å². The van der Waals surface area contributed by atoms with Crippen LogP contribution >= 0.6 is 22.9 Å². The van der Waals surface area contributed by atoms with Crippen LogP contribution in [0.3, 0.4) is 0 Å². The quantitative estimate of drug-likeness (QED) is 0.704. The first kappa shape index (κ1) is 18.1. The number of ether oxygens (including phenoxy) is 1. The van der Waals surface area contributed by atoms with Gasteiger partial charge in [-0.1, -0.05) is 25.4 Å². The molecule has 9 heteroatoms. The predicted molar refractivity (Wildman–Crippen MR) is 108 cm³/mol. The topological polar surface area (TPSA) is 77.6 Å². The van der Waals surface area contributed by atoms with E-state index in [4.69, 9.17) is 16.3 Å². The molecule has 1 saturated carbocycles. The Bertz CT molecular complexity index is 1150. The van der Waals surface area contributed by atoms with E-state index in [-0.39, 0.29) is 35.4 Å². The summed E-state index contributed by atoms with van der Waals surface area (Å²) in [7, 11) is 0. The average Bonchev–Trinajstić information content (AvgIpc) is 3.07. The molecule has 7 nitrogen and oxygen atoms in total. The van der Waals surface area contributed by atoms with Crippen molar-refractivity contribution in [1.29, 1.82) is 0 Å². The van der Waals surface area contributed by atoms with Gasteiger partial charge in [0, 0.05) is 17.4 Å². The van der Waals surface area contributed by atoms with E-state index in [0.717, 1.165) is 42.1 Å². The lowest BCUT2D eigenvalue weighted by molar-refractivity contribution is -0.169. The van der Waals surface area contributed by atoms with Crippen molar-refractivity contribution in [3.63, 3.8) is 0 Å². The van der Waals surface area contributed by atoms with Crippen molar-refractivity contribution >= 4 is 44.6 Å². The minimum Gasteiger partial charge on any atom is -0.380 e. The lowest BCUT2D eigenvalue weighted by atomic mass is 9.64. The van der Waals surface area contributed by atoms with Crippen molar-refractivity contribution < 1.29 is 9.53 Å². The first-order chi connectivity index (χ1) is 13.3. The zero-order chi connectivity index (χ0) is 19.6. The largest absolute Gasteiger partial charge is 0.380 e. The zero-order valence-corrected chi connectivity index (χ0v) is 17.3. The van der Waals surface area contributed by atoms with Gasteiger partial charge in [-0.3, -0.25) is 14.0 Å². The molecule has 1 N–H and O–H groups in total. The maximum absolute atomic E-state index is 13.0. The van der Waals surface area contributed by atoms with Crippen molar-refractivity contribution in [3.05, 3.63) is 32.6 Å². The number of hydrogen-bond donors (Lipinski definition) is 1. The molecule has 2 fully saturated rings. The molecular weight excluding hydrogens is 400 g/mol. The molecule has 5 rings (SSSR count). The summed E-state index contributed by atoms with van der Waals surface area (Å²) in [6.07, 6.45) is 1.90. The van der Waals surface area contributed by atoms with E-state index in [1.165, 1.54) is 16.0 Å². The fourth-order valence-corrected chi connectivity index (χ4v) is 5.48. The maximum atomic E-state index is 13.0. The number of hydrogen-bond acceptors (Lipinski definition) is 5. The van der Waals surface area contributed by atoms with Crippen LogP contribution in [-0.2, 0) is 16.1 Å². The number of carbonyl (C=O) groups is 1. The van der Waals surface area contributed by atoms with Gasteiger partial charge in [-0.2, -0.15) is 5.10 Å². The van der Waals surface area contributed by atoms with E-state index < -0.39 is 0 Å². The molecule has 0 unspecified atom stereocenters. The van der Waals surface area contributed by atoms with Crippen LogP contribution in [0.25, 0.3) is 15.7 Å². The normalized spacial score (nSPS) is 18.7. The number of nitrogens with zero attached hydrogens (tertiary/aromatic N) is 3. The molecule has 2 aliphatic rings. The van der Waals surface area contributed by atoms with Gasteiger partial charge < -0.3 is 10.1 Å². The smallest absolute Gasteiger partial charge is 0.291 e. The molecule has 4 heterocycles. The Morgan fingerprint density at radius 3 is 2.79 bits per heavy atom. The summed E-state index contributed by atoms with van der Waals surface area (Å²) in [6, 6.07) is 3.86. The van der Waals surface area contributed by atoms with Gasteiger partial charge in [0.2, 0.25) is 5.91 Å². The fourth-order valence-electron chi connectivity index (χ4n) is 4.32. The van der Waals surface area contributed by atoms with Crippen LogP contribution in [-0.4, -0.2) is 39.3 Å². The molecular formula is C19H21ClN4O3S. The van der Waals surface area contributed by atoms with Gasteiger partial charge in [0.15, 0.2) is 0 Å². The van der Waals surface area contributed by atoms with Gasteiger partial charge in [0.05, 0.1) is 27.8 Å². The molecule has 3 aromatic heterocycles. The van der Waals surface area contributed by atoms with E-state index in [0.29, 0.717) is 9.85 Å². The van der Waals surface area contributed by atoms with Crippen molar-refractivity contribution in [1.82, 2.24) is 19.5 Å². The van der Waals surface area contributed by atoms with E-state index in [1.807, 2.05) is 30.4 Å². The Labute approximate surface area is 170 Å². The van der Waals surface area contributed by atoms with Crippen molar-refractivity contribution in [2.45, 2.75) is 45.2 Å². The molecule has 0 atom stereocenters. The van der Waals surface area contributed by atoms with Gasteiger partial charge in [-0.25, -0.2) is 4.68 Å². The molecule has 0 bridgehead atoms. The second-order valence-corrected chi connectivity index (χ2v) is 10.0. The second kappa shape index (κ2) is 6.30. The predicted octanol–water partition coefficient (Wildman–Crippen LogP) is 2.78. The van der Waals surface area contributed by atoms with Gasteiger partial charge in [-0.15, -0.1) is 11.3 Å². The van der Waals surface area contributed by atoms with E-state index in [1.54, 1.807) is 0 Å². The lowest BCUT2D eigenvalue weighted by Gasteiger charge is -2.53. The number of aromatic nitrogens is 3. The van der Waals surface area contributed by atoms with Gasteiger partial charge >= 0.3 is 0 Å². The highest BCUT2D eigenvalue weighted by atomic mass is 35.5. The highest BCUT2D eigenvalue weighted by Gasteiger charge is 2.50. The molecule has 3 aromatic rings. The second-order valence-electron chi connectivity index (χ2n) is 8.31. The van der Waals surface area contributed by atoms with E-state index in [9.17, 15) is 9.59 Å². The van der Waals surface area contributed by atoms with E-state index >= 15 is 0 Å². The standard InChI is InChI=1S/C19H21ClN4O3S/c1-10(2)17-22-23(7-16(25)21-11-5-19(6-11)8-27-9-19)18(26)13-3-14-12(24(13)17)4-15(20)28-14/h3-4,10-11H,5-9H2,1-2H3,(H,21,25). The molecule has 148 valence electrons. The number of amides is 1. The van der Waals surface area contributed by atoms with Crippen molar-refractivity contribution in [2.24, 2.45) is 5.41 Å². The van der Waals surface area contributed by atoms with Gasteiger partial charge in [-0.05, 0) is 25.0 Å². The third-order valence-corrected chi connectivity index (χ3v) is 6.92. The number of rotatable bonds is 4. The summed E-state index contributed by atoms with van der Waals surface area (Å²) < 4.78 is 10.0. The van der Waals surface area contributed by atoms with Crippen molar-refractivity contribution in [2.75, 3.05) is 13.2 Å². The minimum absolute atomic E-state index is 0.0748. The number of fused-ring (bicyclic) bond motifs is 3. The molecule has 0 radical (unpaired) electrons. The van der Waals surface area contributed by atoms with E-state index in [2.05, 4.69) is 10.4 Å².